The van der Waals surface area contributed by atoms with Crippen molar-refractivity contribution in [3.05, 3.63) is 54.1 Å². The average Bonchev–Trinajstić information content (AvgIpc) is 2.73. The topological polar surface area (TPSA) is 85.2 Å². The summed E-state index contributed by atoms with van der Waals surface area (Å²) in [5.41, 5.74) is 0.920. The molecule has 2 N–H and O–H groups in total. The van der Waals surface area contributed by atoms with Crippen molar-refractivity contribution in [2.24, 2.45) is 5.41 Å². The van der Waals surface area contributed by atoms with E-state index in [2.05, 4.69) is 6.07 Å². The summed E-state index contributed by atoms with van der Waals surface area (Å²) in [6.45, 7) is 0.879. The predicted molar refractivity (Wildman–Crippen MR) is 106 cm³/mol. The summed E-state index contributed by atoms with van der Waals surface area (Å²) in [7, 11) is 0. The van der Waals surface area contributed by atoms with E-state index in [0.717, 1.165) is 43.4 Å². The van der Waals surface area contributed by atoms with Crippen molar-refractivity contribution in [3.8, 4) is 17.2 Å². The summed E-state index contributed by atoms with van der Waals surface area (Å²) in [6, 6.07) is 14.7. The van der Waals surface area contributed by atoms with Gasteiger partial charge in [-0.15, -0.1) is 0 Å². The van der Waals surface area contributed by atoms with E-state index in [1.54, 1.807) is 18.2 Å². The van der Waals surface area contributed by atoms with E-state index in [9.17, 15) is 9.90 Å². The van der Waals surface area contributed by atoms with Crippen molar-refractivity contribution >= 4 is 5.97 Å². The highest BCUT2D eigenvalue weighted by Crippen LogP contribution is 2.55. The number of benzene rings is 2. The zero-order valence-corrected chi connectivity index (χ0v) is 16.3. The summed E-state index contributed by atoms with van der Waals surface area (Å²) in [6.07, 6.45) is 4.78. The third-order valence-corrected chi connectivity index (χ3v) is 6.19. The number of aromatic hydroxyl groups is 1. The second-order valence-electron chi connectivity index (χ2n) is 8.11. The number of ether oxygens (including phenoxy) is 3. The molecule has 6 heteroatoms. The third-order valence-electron chi connectivity index (χ3n) is 6.19. The molecular weight excluding hydrogens is 372 g/mol. The van der Waals surface area contributed by atoms with Gasteiger partial charge in [0, 0.05) is 12.7 Å². The number of phenolic OH excluding ortho intramolecular Hbond substituents is 1. The van der Waals surface area contributed by atoms with Crippen LogP contribution in [0.1, 0.15) is 37.7 Å². The van der Waals surface area contributed by atoms with Crippen LogP contribution in [0.5, 0.6) is 17.2 Å². The Morgan fingerprint density at radius 3 is 2.41 bits per heavy atom. The maximum absolute atomic E-state index is 10.6. The fraction of sp³-hybridized carbons (Fsp3) is 0.435. The van der Waals surface area contributed by atoms with Gasteiger partial charge in [-0.25, -0.2) is 4.79 Å². The molecule has 2 aromatic carbocycles. The molecule has 3 fully saturated rings. The zero-order valence-electron chi connectivity index (χ0n) is 16.3. The maximum atomic E-state index is 10.6. The van der Waals surface area contributed by atoms with Crippen molar-refractivity contribution in [1.29, 1.82) is 0 Å². The number of carbonyl (C=O) groups is 1. The standard InChI is InChI=1S/C23H26O6/c24-18-4-2-6-20(14-18)29-19-5-1-3-17(13-19)23-9-7-22(8-10-23,16-28-23)11-12-27-15-21(25)26/h1-6,13-14,24H,7-12,15-16H2,(H,25,26). The van der Waals surface area contributed by atoms with E-state index in [0.29, 0.717) is 19.0 Å². The minimum Gasteiger partial charge on any atom is -0.508 e. The van der Waals surface area contributed by atoms with Crippen LogP contribution in [0.25, 0.3) is 0 Å². The summed E-state index contributed by atoms with van der Waals surface area (Å²) in [5, 5.41) is 18.3. The van der Waals surface area contributed by atoms with Gasteiger partial charge >= 0.3 is 5.97 Å². The highest BCUT2D eigenvalue weighted by Gasteiger charge is 2.50. The van der Waals surface area contributed by atoms with Crippen molar-refractivity contribution in [3.63, 3.8) is 0 Å². The molecule has 5 rings (SSSR count). The smallest absolute Gasteiger partial charge is 0.329 e. The molecule has 154 valence electrons. The molecule has 0 atom stereocenters. The molecule has 29 heavy (non-hydrogen) atoms. The highest BCUT2D eigenvalue weighted by atomic mass is 16.5. The van der Waals surface area contributed by atoms with Gasteiger partial charge in [-0.2, -0.15) is 0 Å². The predicted octanol–water partition coefficient (Wildman–Crippen LogP) is 4.46. The lowest BCUT2D eigenvalue weighted by Crippen LogP contribution is -2.49. The van der Waals surface area contributed by atoms with E-state index in [-0.39, 0.29) is 23.4 Å². The Hall–Kier alpha value is -2.57. The molecule has 0 radical (unpaired) electrons. The Kier molecular flexibility index (Phi) is 5.48. The Labute approximate surface area is 170 Å². The molecule has 2 saturated heterocycles. The van der Waals surface area contributed by atoms with Crippen LogP contribution >= 0.6 is 0 Å². The molecule has 0 unspecified atom stereocenters. The molecule has 2 aliphatic heterocycles. The van der Waals surface area contributed by atoms with E-state index < -0.39 is 5.97 Å². The molecule has 2 aromatic rings. The number of aliphatic carboxylic acids is 1. The Bertz CT molecular complexity index is 853. The second-order valence-corrected chi connectivity index (χ2v) is 8.11. The molecule has 0 spiro atoms. The molecule has 3 aliphatic rings. The van der Waals surface area contributed by atoms with Gasteiger partial charge in [0.15, 0.2) is 0 Å². The number of carboxylic acid groups (broad SMARTS) is 1. The van der Waals surface area contributed by atoms with E-state index in [1.807, 2.05) is 24.3 Å². The van der Waals surface area contributed by atoms with Crippen molar-refractivity contribution < 1.29 is 29.2 Å². The first kappa shape index (κ1) is 19.7. The SMILES string of the molecule is O=C(O)COCCC12CCC(c3cccc(Oc4cccc(O)c4)c3)(CC1)OC2. The number of carboxylic acids is 1. The van der Waals surface area contributed by atoms with Gasteiger partial charge < -0.3 is 24.4 Å². The minimum atomic E-state index is -0.933. The molecule has 2 heterocycles. The fourth-order valence-electron chi connectivity index (χ4n) is 4.43. The van der Waals surface area contributed by atoms with Crippen LogP contribution in [-0.4, -0.2) is 36.0 Å². The Morgan fingerprint density at radius 2 is 1.76 bits per heavy atom. The number of hydrogen-bond donors (Lipinski definition) is 2. The molecule has 1 aliphatic carbocycles. The largest absolute Gasteiger partial charge is 0.508 e. The van der Waals surface area contributed by atoms with E-state index in [1.165, 1.54) is 0 Å². The molecule has 1 saturated carbocycles. The van der Waals surface area contributed by atoms with Gasteiger partial charge in [-0.3, -0.25) is 0 Å². The number of hydrogen-bond acceptors (Lipinski definition) is 5. The van der Waals surface area contributed by atoms with Crippen molar-refractivity contribution in [2.75, 3.05) is 19.8 Å². The summed E-state index contributed by atoms with van der Waals surface area (Å²) in [5.74, 6) is 0.547. The van der Waals surface area contributed by atoms with Gasteiger partial charge in [0.25, 0.3) is 0 Å². The fourth-order valence-corrected chi connectivity index (χ4v) is 4.43. The molecular formula is C23H26O6. The highest BCUT2D eigenvalue weighted by molar-refractivity contribution is 5.67. The van der Waals surface area contributed by atoms with Crippen LogP contribution in [-0.2, 0) is 19.9 Å². The lowest BCUT2D eigenvalue weighted by molar-refractivity contribution is -0.194. The van der Waals surface area contributed by atoms with Crippen LogP contribution < -0.4 is 4.74 Å². The van der Waals surface area contributed by atoms with Crippen LogP contribution in [0, 0.1) is 5.41 Å². The van der Waals surface area contributed by atoms with Gasteiger partial charge in [-0.05, 0) is 67.3 Å². The first-order valence-electron chi connectivity index (χ1n) is 10.00. The van der Waals surface area contributed by atoms with Crippen LogP contribution in [0.3, 0.4) is 0 Å². The number of phenols is 1. The minimum absolute atomic E-state index is 0.0932. The number of rotatable bonds is 8. The van der Waals surface area contributed by atoms with Gasteiger partial charge in [0.1, 0.15) is 23.9 Å². The van der Waals surface area contributed by atoms with Crippen molar-refractivity contribution in [2.45, 2.75) is 37.7 Å². The van der Waals surface area contributed by atoms with Crippen molar-refractivity contribution in [1.82, 2.24) is 0 Å². The van der Waals surface area contributed by atoms with E-state index in [4.69, 9.17) is 19.3 Å². The average molecular weight is 398 g/mol. The van der Waals surface area contributed by atoms with Gasteiger partial charge in [-0.1, -0.05) is 18.2 Å². The summed E-state index contributed by atoms with van der Waals surface area (Å²) >= 11 is 0. The number of fused-ring (bicyclic) bond motifs is 3. The third kappa shape index (κ3) is 4.38. The van der Waals surface area contributed by atoms with Crippen LogP contribution in [0.2, 0.25) is 0 Å². The first-order chi connectivity index (χ1) is 14.0. The van der Waals surface area contributed by atoms with Gasteiger partial charge in [0.2, 0.25) is 0 Å². The van der Waals surface area contributed by atoms with Crippen LogP contribution in [0.15, 0.2) is 48.5 Å². The molecule has 6 nitrogen and oxygen atoms in total. The first-order valence-corrected chi connectivity index (χ1v) is 10.00. The summed E-state index contributed by atoms with van der Waals surface area (Å²) < 4.78 is 17.5. The quantitative estimate of drug-likeness (QED) is 0.639. The Balaban J connectivity index is 1.41. The second kappa shape index (κ2) is 8.05. The maximum Gasteiger partial charge on any atom is 0.329 e. The Morgan fingerprint density at radius 1 is 1.03 bits per heavy atom. The molecule has 0 aromatic heterocycles. The lowest BCUT2D eigenvalue weighted by atomic mass is 9.63. The monoisotopic (exact) mass is 398 g/mol. The normalized spacial score (nSPS) is 25.7. The summed E-state index contributed by atoms with van der Waals surface area (Å²) in [4.78, 5) is 10.6. The molecule has 0 amide bonds. The van der Waals surface area contributed by atoms with Gasteiger partial charge in [0.05, 0.1) is 12.2 Å². The lowest BCUT2D eigenvalue weighted by Gasteiger charge is -2.53. The van der Waals surface area contributed by atoms with Crippen LogP contribution in [0.4, 0.5) is 0 Å². The zero-order chi connectivity index (χ0) is 20.3. The van der Waals surface area contributed by atoms with E-state index >= 15 is 0 Å². The molecule has 2 bridgehead atoms.